The van der Waals surface area contributed by atoms with Gasteiger partial charge in [0.25, 0.3) is 0 Å². The maximum atomic E-state index is 5.56. The number of aromatic nitrogens is 2. The van der Waals surface area contributed by atoms with Crippen LogP contribution in [0.1, 0.15) is 0 Å². The van der Waals surface area contributed by atoms with Crippen LogP contribution < -0.4 is 5.73 Å². The molecule has 0 bridgehead atoms. The summed E-state index contributed by atoms with van der Waals surface area (Å²) in [5, 5.41) is 4.14. The van der Waals surface area contributed by atoms with Crippen molar-refractivity contribution in [3.8, 4) is 5.69 Å². The molecule has 2 aromatic rings. The number of nitrogen functional groups attached to an aromatic ring is 1. The number of anilines is 1. The van der Waals surface area contributed by atoms with Gasteiger partial charge in [-0.05, 0) is 18.2 Å². The Morgan fingerprint density at radius 2 is 1.93 bits per heavy atom. The fraction of sp³-hybridized carbons (Fsp3) is 0. The third-order valence-electron chi connectivity index (χ3n) is 1.82. The van der Waals surface area contributed by atoms with Crippen molar-refractivity contribution in [3.63, 3.8) is 0 Å². The largest absolute Gasteiger partial charge is 0.397 e. The van der Waals surface area contributed by atoms with Crippen molar-refractivity contribution in [2.45, 2.75) is 0 Å². The van der Waals surface area contributed by atoms with Crippen LogP contribution in [0, 0.1) is 4.64 Å². The lowest BCUT2D eigenvalue weighted by molar-refractivity contribution is 0.831. The van der Waals surface area contributed by atoms with Crippen LogP contribution in [0.5, 0.6) is 0 Å². The van der Waals surface area contributed by atoms with Gasteiger partial charge in [-0.25, -0.2) is 4.68 Å². The van der Waals surface area contributed by atoms with E-state index in [-0.39, 0.29) is 0 Å². The van der Waals surface area contributed by atoms with Crippen molar-refractivity contribution >= 4 is 17.9 Å². The summed E-state index contributed by atoms with van der Waals surface area (Å²) in [6.45, 7) is 0. The smallest absolute Gasteiger partial charge is 0.130 e. The van der Waals surface area contributed by atoms with Gasteiger partial charge in [0.15, 0.2) is 0 Å². The first kappa shape index (κ1) is 8.90. The number of hydrogen-bond acceptors (Lipinski definition) is 3. The van der Waals surface area contributed by atoms with E-state index in [9.17, 15) is 0 Å². The van der Waals surface area contributed by atoms with E-state index < -0.39 is 0 Å². The average Bonchev–Trinajstić information content (AvgIpc) is 2.19. The van der Waals surface area contributed by atoms with E-state index in [0.29, 0.717) is 10.3 Å². The van der Waals surface area contributed by atoms with Gasteiger partial charge in [-0.2, -0.15) is 5.10 Å². The molecule has 14 heavy (non-hydrogen) atoms. The monoisotopic (exact) mass is 203 g/mol. The lowest BCUT2D eigenvalue weighted by Crippen LogP contribution is -2.02. The van der Waals surface area contributed by atoms with Crippen LogP contribution in [0.2, 0.25) is 0 Å². The van der Waals surface area contributed by atoms with E-state index in [1.807, 2.05) is 30.3 Å². The lowest BCUT2D eigenvalue weighted by atomic mass is 10.3. The number of benzene rings is 1. The highest BCUT2D eigenvalue weighted by Crippen LogP contribution is 2.07. The van der Waals surface area contributed by atoms with Crippen LogP contribution in [0.15, 0.2) is 42.6 Å². The fourth-order valence-corrected chi connectivity index (χ4v) is 1.47. The minimum absolute atomic E-state index is 0.585. The third-order valence-corrected chi connectivity index (χ3v) is 2.11. The molecule has 2 N–H and O–H groups in total. The molecule has 0 spiro atoms. The highest BCUT2D eigenvalue weighted by atomic mass is 32.1. The van der Waals surface area contributed by atoms with E-state index in [1.54, 1.807) is 16.9 Å². The Kier molecular flexibility index (Phi) is 2.28. The highest BCUT2D eigenvalue weighted by molar-refractivity contribution is 7.71. The Morgan fingerprint density at radius 3 is 2.57 bits per heavy atom. The van der Waals surface area contributed by atoms with E-state index in [0.717, 1.165) is 5.69 Å². The molecule has 1 aromatic heterocycles. The average molecular weight is 203 g/mol. The molecule has 0 saturated heterocycles. The minimum atomic E-state index is 0.585. The first-order valence-electron chi connectivity index (χ1n) is 4.17. The number of nitrogens with two attached hydrogens (primary N) is 1. The summed E-state index contributed by atoms with van der Waals surface area (Å²) >= 11 is 5.14. The number of rotatable bonds is 1. The van der Waals surface area contributed by atoms with Crippen molar-refractivity contribution in [1.29, 1.82) is 0 Å². The first-order valence-corrected chi connectivity index (χ1v) is 4.58. The Morgan fingerprint density at radius 1 is 1.21 bits per heavy atom. The molecule has 0 aliphatic carbocycles. The highest BCUT2D eigenvalue weighted by Gasteiger charge is 1.96. The Bertz CT molecular complexity index is 490. The zero-order chi connectivity index (χ0) is 9.97. The number of nitrogens with zero attached hydrogens (tertiary/aromatic N) is 2. The van der Waals surface area contributed by atoms with E-state index in [2.05, 4.69) is 5.10 Å². The van der Waals surface area contributed by atoms with Crippen LogP contribution in [-0.4, -0.2) is 9.78 Å². The maximum absolute atomic E-state index is 5.56. The molecule has 0 amide bonds. The van der Waals surface area contributed by atoms with Crippen LogP contribution in [0.4, 0.5) is 5.69 Å². The second kappa shape index (κ2) is 3.59. The minimum Gasteiger partial charge on any atom is -0.397 e. The van der Waals surface area contributed by atoms with Gasteiger partial charge in [-0.3, -0.25) is 0 Å². The van der Waals surface area contributed by atoms with Crippen molar-refractivity contribution in [1.82, 2.24) is 9.78 Å². The molecule has 4 heteroatoms. The topological polar surface area (TPSA) is 43.8 Å². The quantitative estimate of drug-likeness (QED) is 0.722. The van der Waals surface area contributed by atoms with Crippen LogP contribution in [0.3, 0.4) is 0 Å². The molecule has 0 aliphatic heterocycles. The van der Waals surface area contributed by atoms with E-state index >= 15 is 0 Å². The fourth-order valence-electron chi connectivity index (χ4n) is 1.19. The zero-order valence-electron chi connectivity index (χ0n) is 7.42. The molecule has 70 valence electrons. The zero-order valence-corrected chi connectivity index (χ0v) is 8.24. The van der Waals surface area contributed by atoms with Gasteiger partial charge in [0.2, 0.25) is 0 Å². The van der Waals surface area contributed by atoms with Crippen molar-refractivity contribution in [2.75, 3.05) is 5.73 Å². The summed E-state index contributed by atoms with van der Waals surface area (Å²) in [6.07, 6.45) is 1.59. The molecule has 1 heterocycles. The van der Waals surface area contributed by atoms with Crippen molar-refractivity contribution in [3.05, 3.63) is 47.2 Å². The van der Waals surface area contributed by atoms with Gasteiger partial charge < -0.3 is 5.73 Å². The molecular weight excluding hydrogens is 194 g/mol. The standard InChI is InChI=1S/C10H9N3S/c11-8-6-10(14)13(12-7-8)9-4-2-1-3-5-9/h1-7H,11H2. The van der Waals surface area contributed by atoms with Crippen molar-refractivity contribution < 1.29 is 0 Å². The maximum Gasteiger partial charge on any atom is 0.130 e. The second-order valence-electron chi connectivity index (χ2n) is 2.87. The second-order valence-corrected chi connectivity index (χ2v) is 3.29. The van der Waals surface area contributed by atoms with Gasteiger partial charge in [-0.15, -0.1) is 0 Å². The normalized spacial score (nSPS) is 10.0. The Hall–Kier alpha value is -1.68. The first-order chi connectivity index (χ1) is 6.77. The molecule has 0 atom stereocenters. The SMILES string of the molecule is Nc1cnn(-c2ccccc2)c(=S)c1. The Labute approximate surface area is 86.8 Å². The van der Waals surface area contributed by atoms with Gasteiger partial charge in [0.05, 0.1) is 17.6 Å². The molecule has 1 aromatic carbocycles. The number of hydrogen-bond donors (Lipinski definition) is 1. The van der Waals surface area contributed by atoms with Crippen LogP contribution >= 0.6 is 12.2 Å². The molecule has 0 radical (unpaired) electrons. The molecule has 2 rings (SSSR count). The molecule has 0 fully saturated rings. The van der Waals surface area contributed by atoms with Gasteiger partial charge in [0.1, 0.15) is 4.64 Å². The summed E-state index contributed by atoms with van der Waals surface area (Å²) in [5.41, 5.74) is 7.09. The summed E-state index contributed by atoms with van der Waals surface area (Å²) < 4.78 is 2.28. The van der Waals surface area contributed by atoms with Gasteiger partial charge in [0, 0.05) is 0 Å². The van der Waals surface area contributed by atoms with Gasteiger partial charge in [-0.1, -0.05) is 30.4 Å². The van der Waals surface area contributed by atoms with E-state index in [1.165, 1.54) is 0 Å². The third kappa shape index (κ3) is 1.65. The summed E-state index contributed by atoms with van der Waals surface area (Å²) in [6, 6.07) is 11.4. The van der Waals surface area contributed by atoms with Crippen molar-refractivity contribution in [2.24, 2.45) is 0 Å². The predicted octanol–water partition coefficient (Wildman–Crippen LogP) is 2.18. The van der Waals surface area contributed by atoms with E-state index in [4.69, 9.17) is 18.0 Å². The van der Waals surface area contributed by atoms with Crippen LogP contribution in [-0.2, 0) is 0 Å². The summed E-state index contributed by atoms with van der Waals surface area (Å²) in [4.78, 5) is 0. The molecule has 0 unspecified atom stereocenters. The lowest BCUT2D eigenvalue weighted by Gasteiger charge is -2.04. The molecular formula is C10H9N3S. The van der Waals surface area contributed by atoms with Gasteiger partial charge >= 0.3 is 0 Å². The molecule has 3 nitrogen and oxygen atoms in total. The summed E-state index contributed by atoms with van der Waals surface area (Å²) in [7, 11) is 0. The summed E-state index contributed by atoms with van der Waals surface area (Å²) in [5.74, 6) is 0. The Balaban J connectivity index is 2.59. The molecule has 0 saturated carbocycles. The van der Waals surface area contributed by atoms with Crippen LogP contribution in [0.25, 0.3) is 5.69 Å². The molecule has 0 aliphatic rings. The number of para-hydroxylation sites is 1. The predicted molar refractivity (Wildman–Crippen MR) is 58.8 cm³/mol.